The zero-order valence-corrected chi connectivity index (χ0v) is 9.96. The molecule has 0 saturated carbocycles. The van der Waals surface area contributed by atoms with Crippen LogP contribution in [0.15, 0.2) is 36.7 Å². The molecule has 1 N–H and O–H groups in total. The number of hydrogen-bond acceptors (Lipinski definition) is 4. The molecule has 0 aliphatic rings. The summed E-state index contributed by atoms with van der Waals surface area (Å²) < 4.78 is 5.41. The summed E-state index contributed by atoms with van der Waals surface area (Å²) in [7, 11) is 0. The predicted octanol–water partition coefficient (Wildman–Crippen LogP) is 2.55. The zero-order valence-electron chi connectivity index (χ0n) is 9.21. The van der Waals surface area contributed by atoms with E-state index in [-0.39, 0.29) is 17.5 Å². The normalized spacial score (nSPS) is 10.1. The Labute approximate surface area is 108 Å². The molecule has 2 rings (SSSR count). The van der Waals surface area contributed by atoms with Crippen LogP contribution in [0.5, 0.6) is 11.6 Å². The van der Waals surface area contributed by atoms with Gasteiger partial charge in [-0.15, -0.1) is 0 Å². The third-order valence-electron chi connectivity index (χ3n) is 2.08. The third-order valence-corrected chi connectivity index (χ3v) is 2.27. The fraction of sp³-hybridized carbons (Fsp3) is 0.0833. The van der Waals surface area contributed by atoms with E-state index < -0.39 is 5.97 Å². The monoisotopic (exact) mass is 264 g/mol. The number of carboxylic acid groups (broad SMARTS) is 1. The predicted molar refractivity (Wildman–Crippen MR) is 64.9 cm³/mol. The fourth-order valence-corrected chi connectivity index (χ4v) is 1.49. The maximum absolute atomic E-state index is 10.5. The third kappa shape index (κ3) is 3.43. The SMILES string of the molecule is O=C(O)Cc1ccc(Oc2cncc(Cl)n2)cc1. The number of carboxylic acids is 1. The molecule has 92 valence electrons. The number of halogens is 1. The van der Waals surface area contributed by atoms with Gasteiger partial charge in [0.05, 0.1) is 18.8 Å². The van der Waals surface area contributed by atoms with Crippen LogP contribution < -0.4 is 4.74 Å². The molecule has 5 nitrogen and oxygen atoms in total. The molecule has 0 unspecified atom stereocenters. The molecule has 0 saturated heterocycles. The topological polar surface area (TPSA) is 72.3 Å². The number of nitrogens with zero attached hydrogens (tertiary/aromatic N) is 2. The molecule has 0 bridgehead atoms. The quantitative estimate of drug-likeness (QED) is 0.919. The Hall–Kier alpha value is -2.14. The van der Waals surface area contributed by atoms with Gasteiger partial charge in [-0.3, -0.25) is 9.78 Å². The van der Waals surface area contributed by atoms with Crippen LogP contribution in [-0.2, 0) is 11.2 Å². The first-order chi connectivity index (χ1) is 8.63. The van der Waals surface area contributed by atoms with E-state index in [1.165, 1.54) is 12.4 Å². The van der Waals surface area contributed by atoms with E-state index in [0.29, 0.717) is 11.3 Å². The first-order valence-electron chi connectivity index (χ1n) is 5.09. The number of hydrogen-bond donors (Lipinski definition) is 1. The van der Waals surface area contributed by atoms with Crippen molar-refractivity contribution in [2.24, 2.45) is 0 Å². The van der Waals surface area contributed by atoms with E-state index >= 15 is 0 Å². The Morgan fingerprint density at radius 2 is 2.00 bits per heavy atom. The minimum atomic E-state index is -0.871. The summed E-state index contributed by atoms with van der Waals surface area (Å²) in [5.74, 6) is -0.0430. The lowest BCUT2D eigenvalue weighted by Gasteiger charge is -2.04. The summed E-state index contributed by atoms with van der Waals surface area (Å²) in [6, 6.07) is 6.70. The van der Waals surface area contributed by atoms with Crippen molar-refractivity contribution in [3.05, 3.63) is 47.4 Å². The molecule has 6 heteroatoms. The molecule has 0 atom stereocenters. The summed E-state index contributed by atoms with van der Waals surface area (Å²) in [6.07, 6.45) is 2.83. The molecule has 0 spiro atoms. The second-order valence-electron chi connectivity index (χ2n) is 3.50. The largest absolute Gasteiger partial charge is 0.481 e. The van der Waals surface area contributed by atoms with Crippen molar-refractivity contribution in [1.82, 2.24) is 9.97 Å². The van der Waals surface area contributed by atoms with Crippen molar-refractivity contribution in [3.8, 4) is 11.6 Å². The van der Waals surface area contributed by atoms with E-state index in [2.05, 4.69) is 9.97 Å². The highest BCUT2D eigenvalue weighted by molar-refractivity contribution is 6.29. The molecule has 0 aliphatic carbocycles. The number of aromatic nitrogens is 2. The molecule has 1 aromatic heterocycles. The summed E-state index contributed by atoms with van der Waals surface area (Å²) in [5.41, 5.74) is 0.701. The van der Waals surface area contributed by atoms with Gasteiger partial charge >= 0.3 is 5.97 Å². The van der Waals surface area contributed by atoms with Crippen LogP contribution in [0, 0.1) is 0 Å². The zero-order chi connectivity index (χ0) is 13.0. The van der Waals surface area contributed by atoms with Gasteiger partial charge in [0.25, 0.3) is 0 Å². The van der Waals surface area contributed by atoms with Crippen LogP contribution in [0.2, 0.25) is 5.15 Å². The number of rotatable bonds is 4. The van der Waals surface area contributed by atoms with Gasteiger partial charge in [0.1, 0.15) is 5.75 Å². The van der Waals surface area contributed by atoms with E-state index in [0.717, 1.165) is 0 Å². The van der Waals surface area contributed by atoms with Crippen LogP contribution >= 0.6 is 11.6 Å². The molecule has 0 amide bonds. The summed E-state index contributed by atoms with van der Waals surface area (Å²) >= 11 is 5.67. The highest BCUT2D eigenvalue weighted by Crippen LogP contribution is 2.20. The Morgan fingerprint density at radius 1 is 1.28 bits per heavy atom. The van der Waals surface area contributed by atoms with E-state index in [4.69, 9.17) is 21.4 Å². The van der Waals surface area contributed by atoms with Gasteiger partial charge in [-0.1, -0.05) is 23.7 Å². The highest BCUT2D eigenvalue weighted by Gasteiger charge is 2.03. The molecule has 0 aliphatic heterocycles. The lowest BCUT2D eigenvalue weighted by atomic mass is 10.1. The minimum Gasteiger partial charge on any atom is -0.481 e. The maximum atomic E-state index is 10.5. The van der Waals surface area contributed by atoms with Crippen molar-refractivity contribution in [1.29, 1.82) is 0 Å². The molecule has 1 heterocycles. The summed E-state index contributed by atoms with van der Waals surface area (Å²) in [5, 5.41) is 8.88. The molecule has 18 heavy (non-hydrogen) atoms. The molecule has 1 aromatic carbocycles. The molecule has 0 fully saturated rings. The van der Waals surface area contributed by atoms with Crippen molar-refractivity contribution >= 4 is 17.6 Å². The molecular formula is C12H9ClN2O3. The van der Waals surface area contributed by atoms with Crippen molar-refractivity contribution in [3.63, 3.8) is 0 Å². The Bertz CT molecular complexity index is 558. The highest BCUT2D eigenvalue weighted by atomic mass is 35.5. The van der Waals surface area contributed by atoms with Gasteiger partial charge < -0.3 is 9.84 Å². The first kappa shape index (κ1) is 12.3. The molecule has 2 aromatic rings. The van der Waals surface area contributed by atoms with E-state index in [9.17, 15) is 4.79 Å². The smallest absolute Gasteiger partial charge is 0.307 e. The summed E-state index contributed by atoms with van der Waals surface area (Å²) in [6.45, 7) is 0. The van der Waals surface area contributed by atoms with Crippen LogP contribution in [0.4, 0.5) is 0 Å². The lowest BCUT2D eigenvalue weighted by Crippen LogP contribution is -1.99. The summed E-state index contributed by atoms with van der Waals surface area (Å²) in [4.78, 5) is 18.3. The van der Waals surface area contributed by atoms with Crippen LogP contribution in [0.1, 0.15) is 5.56 Å². The minimum absolute atomic E-state index is 0.0166. The van der Waals surface area contributed by atoms with Crippen LogP contribution in [0.25, 0.3) is 0 Å². The van der Waals surface area contributed by atoms with Crippen molar-refractivity contribution in [2.75, 3.05) is 0 Å². The average Bonchev–Trinajstić information content (AvgIpc) is 2.31. The first-order valence-corrected chi connectivity index (χ1v) is 5.47. The molecule has 0 radical (unpaired) electrons. The van der Waals surface area contributed by atoms with Gasteiger partial charge in [0, 0.05) is 0 Å². The van der Waals surface area contributed by atoms with E-state index in [1.54, 1.807) is 24.3 Å². The van der Waals surface area contributed by atoms with Gasteiger partial charge in [0.2, 0.25) is 5.88 Å². The fourth-order valence-electron chi connectivity index (χ4n) is 1.35. The van der Waals surface area contributed by atoms with Gasteiger partial charge in [0.15, 0.2) is 5.15 Å². The van der Waals surface area contributed by atoms with E-state index in [1.807, 2.05) is 0 Å². The molecular weight excluding hydrogens is 256 g/mol. The average molecular weight is 265 g/mol. The number of benzene rings is 1. The maximum Gasteiger partial charge on any atom is 0.307 e. The van der Waals surface area contributed by atoms with Gasteiger partial charge in [-0.25, -0.2) is 0 Å². The lowest BCUT2D eigenvalue weighted by molar-refractivity contribution is -0.136. The Kier molecular flexibility index (Phi) is 3.74. The van der Waals surface area contributed by atoms with Crippen molar-refractivity contribution < 1.29 is 14.6 Å². The number of carbonyl (C=O) groups is 1. The van der Waals surface area contributed by atoms with Gasteiger partial charge in [-0.2, -0.15) is 4.98 Å². The van der Waals surface area contributed by atoms with Crippen LogP contribution in [-0.4, -0.2) is 21.0 Å². The number of ether oxygens (including phenoxy) is 1. The number of aliphatic carboxylic acids is 1. The standard InChI is InChI=1S/C12H9ClN2O3/c13-10-6-14-7-11(15-10)18-9-3-1-8(2-4-9)5-12(16)17/h1-4,6-7H,5H2,(H,16,17). The second kappa shape index (κ2) is 5.46. The second-order valence-corrected chi connectivity index (χ2v) is 3.88. The van der Waals surface area contributed by atoms with Crippen LogP contribution in [0.3, 0.4) is 0 Å². The van der Waals surface area contributed by atoms with Gasteiger partial charge in [-0.05, 0) is 17.7 Å². The van der Waals surface area contributed by atoms with Crippen molar-refractivity contribution in [2.45, 2.75) is 6.42 Å². The Morgan fingerprint density at radius 3 is 2.61 bits per heavy atom. The Balaban J connectivity index is 2.08.